The zero-order chi connectivity index (χ0) is 17.0. The molecule has 0 bridgehead atoms. The van der Waals surface area contributed by atoms with E-state index < -0.39 is 0 Å². The second-order valence-electron chi connectivity index (χ2n) is 5.76. The van der Waals surface area contributed by atoms with E-state index in [9.17, 15) is 14.0 Å². The SMILES string of the molecule is CC(=O)N1CCN(C(=O)CN(C)Cc2c(F)cccc2Cl)CC1. The molecule has 0 unspecified atom stereocenters. The second-order valence-corrected chi connectivity index (χ2v) is 6.17. The Balaban J connectivity index is 1.87. The second kappa shape index (κ2) is 7.75. The number of hydrogen-bond donors (Lipinski definition) is 0. The standard InChI is InChI=1S/C16H21ClFN3O2/c1-12(22)20-6-8-21(9-7-20)16(23)11-19(2)10-13-14(17)4-3-5-15(13)18/h3-5H,6-11H2,1-2H3. The first-order valence-corrected chi connectivity index (χ1v) is 7.91. The molecule has 0 aromatic heterocycles. The molecule has 0 saturated carbocycles. The molecule has 1 saturated heterocycles. The third kappa shape index (κ3) is 4.65. The Labute approximate surface area is 140 Å². The van der Waals surface area contributed by atoms with Crippen LogP contribution in [0, 0.1) is 5.82 Å². The van der Waals surface area contributed by atoms with Crippen molar-refractivity contribution in [2.75, 3.05) is 39.8 Å². The van der Waals surface area contributed by atoms with Gasteiger partial charge in [0.25, 0.3) is 0 Å². The maximum absolute atomic E-state index is 13.8. The smallest absolute Gasteiger partial charge is 0.236 e. The summed E-state index contributed by atoms with van der Waals surface area (Å²) in [5.41, 5.74) is 0.394. The molecule has 7 heteroatoms. The Bertz CT molecular complexity index is 568. The van der Waals surface area contributed by atoms with E-state index in [0.717, 1.165) is 0 Å². The highest BCUT2D eigenvalue weighted by Gasteiger charge is 2.23. The van der Waals surface area contributed by atoms with Crippen LogP contribution in [0.3, 0.4) is 0 Å². The normalized spacial score (nSPS) is 15.2. The lowest BCUT2D eigenvalue weighted by Gasteiger charge is -2.35. The molecule has 126 valence electrons. The maximum atomic E-state index is 13.8. The monoisotopic (exact) mass is 341 g/mol. The molecule has 0 aliphatic carbocycles. The molecule has 2 rings (SSSR count). The summed E-state index contributed by atoms with van der Waals surface area (Å²) >= 11 is 6.01. The number of nitrogens with zero attached hydrogens (tertiary/aromatic N) is 3. The van der Waals surface area contributed by atoms with E-state index in [1.165, 1.54) is 13.0 Å². The first kappa shape index (κ1) is 17.7. The number of benzene rings is 1. The highest BCUT2D eigenvalue weighted by molar-refractivity contribution is 6.31. The van der Waals surface area contributed by atoms with Crippen LogP contribution in [0.25, 0.3) is 0 Å². The summed E-state index contributed by atoms with van der Waals surface area (Å²) in [5, 5.41) is 0.361. The van der Waals surface area contributed by atoms with Gasteiger partial charge >= 0.3 is 0 Å². The van der Waals surface area contributed by atoms with Crippen LogP contribution in [0.2, 0.25) is 5.02 Å². The Hall–Kier alpha value is -1.66. The number of carbonyl (C=O) groups excluding carboxylic acids is 2. The summed E-state index contributed by atoms with van der Waals surface area (Å²) < 4.78 is 13.8. The van der Waals surface area contributed by atoms with Crippen LogP contribution in [0.4, 0.5) is 4.39 Å². The highest BCUT2D eigenvalue weighted by atomic mass is 35.5. The van der Waals surface area contributed by atoms with Crippen LogP contribution in [0.15, 0.2) is 18.2 Å². The fourth-order valence-electron chi connectivity index (χ4n) is 2.61. The van der Waals surface area contributed by atoms with Crippen molar-refractivity contribution in [3.63, 3.8) is 0 Å². The summed E-state index contributed by atoms with van der Waals surface area (Å²) in [6.45, 7) is 4.17. The molecule has 23 heavy (non-hydrogen) atoms. The summed E-state index contributed by atoms with van der Waals surface area (Å²) in [6.07, 6.45) is 0. The number of hydrogen-bond acceptors (Lipinski definition) is 3. The van der Waals surface area contributed by atoms with Gasteiger partial charge in [0, 0.05) is 50.2 Å². The van der Waals surface area contributed by atoms with E-state index in [4.69, 9.17) is 11.6 Å². The average molecular weight is 342 g/mol. The van der Waals surface area contributed by atoms with Crippen LogP contribution >= 0.6 is 11.6 Å². The average Bonchev–Trinajstić information content (AvgIpc) is 2.51. The van der Waals surface area contributed by atoms with Gasteiger partial charge in [-0.1, -0.05) is 17.7 Å². The van der Waals surface area contributed by atoms with E-state index in [2.05, 4.69) is 0 Å². The van der Waals surface area contributed by atoms with Gasteiger partial charge < -0.3 is 9.80 Å². The largest absolute Gasteiger partial charge is 0.339 e. The van der Waals surface area contributed by atoms with Crippen LogP contribution in [0.5, 0.6) is 0 Å². The molecular weight excluding hydrogens is 321 g/mol. The Morgan fingerprint density at radius 2 is 1.83 bits per heavy atom. The first-order chi connectivity index (χ1) is 10.9. The Kier molecular flexibility index (Phi) is 5.96. The van der Waals surface area contributed by atoms with E-state index in [-0.39, 0.29) is 30.7 Å². The molecule has 1 aliphatic heterocycles. The van der Waals surface area contributed by atoms with E-state index in [1.807, 2.05) is 0 Å². The third-order valence-electron chi connectivity index (χ3n) is 3.97. The predicted octanol–water partition coefficient (Wildman–Crippen LogP) is 1.60. The number of rotatable bonds is 4. The van der Waals surface area contributed by atoms with Crippen molar-refractivity contribution in [3.05, 3.63) is 34.6 Å². The number of likely N-dealkylation sites (N-methyl/N-ethyl adjacent to an activating group) is 1. The van der Waals surface area contributed by atoms with Crippen molar-refractivity contribution >= 4 is 23.4 Å². The lowest BCUT2D eigenvalue weighted by molar-refractivity contribution is -0.139. The minimum atomic E-state index is -0.369. The quantitative estimate of drug-likeness (QED) is 0.835. The van der Waals surface area contributed by atoms with E-state index >= 15 is 0 Å². The molecule has 5 nitrogen and oxygen atoms in total. The molecule has 0 radical (unpaired) electrons. The molecule has 1 fully saturated rings. The summed E-state index contributed by atoms with van der Waals surface area (Å²) in [5.74, 6) is -0.363. The van der Waals surface area contributed by atoms with Crippen molar-refractivity contribution in [1.82, 2.24) is 14.7 Å². The van der Waals surface area contributed by atoms with Crippen molar-refractivity contribution < 1.29 is 14.0 Å². The zero-order valence-electron chi connectivity index (χ0n) is 13.4. The van der Waals surface area contributed by atoms with Crippen LogP contribution in [0.1, 0.15) is 12.5 Å². The van der Waals surface area contributed by atoms with E-state index in [0.29, 0.717) is 36.8 Å². The van der Waals surface area contributed by atoms with E-state index in [1.54, 1.807) is 33.9 Å². The third-order valence-corrected chi connectivity index (χ3v) is 4.33. The predicted molar refractivity (Wildman–Crippen MR) is 86.6 cm³/mol. The molecule has 0 atom stereocenters. The van der Waals surface area contributed by atoms with Gasteiger partial charge in [0.05, 0.1) is 6.54 Å². The van der Waals surface area contributed by atoms with Gasteiger partial charge in [-0.3, -0.25) is 14.5 Å². The molecule has 0 N–H and O–H groups in total. The zero-order valence-corrected chi connectivity index (χ0v) is 14.1. The first-order valence-electron chi connectivity index (χ1n) is 7.53. The van der Waals surface area contributed by atoms with Gasteiger partial charge in [-0.25, -0.2) is 4.39 Å². The summed E-state index contributed by atoms with van der Waals surface area (Å²) in [6, 6.07) is 4.55. The van der Waals surface area contributed by atoms with Crippen molar-refractivity contribution in [3.8, 4) is 0 Å². The molecule has 2 amide bonds. The minimum Gasteiger partial charge on any atom is -0.339 e. The molecule has 1 aromatic carbocycles. The molecule has 1 heterocycles. The van der Waals surface area contributed by atoms with Crippen molar-refractivity contribution in [2.24, 2.45) is 0 Å². The summed E-state index contributed by atoms with van der Waals surface area (Å²) in [4.78, 5) is 28.8. The topological polar surface area (TPSA) is 43.9 Å². The fourth-order valence-corrected chi connectivity index (χ4v) is 2.83. The number of piperazine rings is 1. The number of amides is 2. The van der Waals surface area contributed by atoms with Gasteiger partial charge in [-0.05, 0) is 19.2 Å². The van der Waals surface area contributed by atoms with Crippen LogP contribution in [-0.2, 0) is 16.1 Å². The number of carbonyl (C=O) groups is 2. The molecule has 1 aliphatic rings. The molecular formula is C16H21ClFN3O2. The minimum absolute atomic E-state index is 0.0248. The van der Waals surface area contributed by atoms with Crippen molar-refractivity contribution in [2.45, 2.75) is 13.5 Å². The molecule has 1 aromatic rings. The van der Waals surface area contributed by atoms with Crippen LogP contribution in [-0.4, -0.2) is 66.3 Å². The van der Waals surface area contributed by atoms with Gasteiger partial charge in [-0.2, -0.15) is 0 Å². The maximum Gasteiger partial charge on any atom is 0.236 e. The van der Waals surface area contributed by atoms with Gasteiger partial charge in [0.15, 0.2) is 0 Å². The Morgan fingerprint density at radius 3 is 2.39 bits per heavy atom. The lowest BCUT2D eigenvalue weighted by atomic mass is 10.2. The fraction of sp³-hybridized carbons (Fsp3) is 0.500. The Morgan fingerprint density at radius 1 is 1.22 bits per heavy atom. The van der Waals surface area contributed by atoms with Gasteiger partial charge in [-0.15, -0.1) is 0 Å². The van der Waals surface area contributed by atoms with Crippen molar-refractivity contribution in [1.29, 1.82) is 0 Å². The summed E-state index contributed by atoms with van der Waals surface area (Å²) in [7, 11) is 1.76. The van der Waals surface area contributed by atoms with Crippen LogP contribution < -0.4 is 0 Å². The molecule has 0 spiro atoms. The highest BCUT2D eigenvalue weighted by Crippen LogP contribution is 2.20. The van der Waals surface area contributed by atoms with Gasteiger partial charge in [0.1, 0.15) is 5.82 Å². The lowest BCUT2D eigenvalue weighted by Crippen LogP contribution is -2.51. The number of halogens is 2. The van der Waals surface area contributed by atoms with Gasteiger partial charge in [0.2, 0.25) is 11.8 Å².